The summed E-state index contributed by atoms with van der Waals surface area (Å²) in [5.74, 6) is -1.42. The van der Waals surface area contributed by atoms with E-state index in [0.717, 1.165) is 0 Å². The highest BCUT2D eigenvalue weighted by Crippen LogP contribution is 2.16. The van der Waals surface area contributed by atoms with Crippen LogP contribution >= 0.6 is 0 Å². The van der Waals surface area contributed by atoms with Gasteiger partial charge in [-0.15, -0.1) is 0 Å². The lowest BCUT2D eigenvalue weighted by atomic mass is 10.0. The molecule has 0 aromatic heterocycles. The third kappa shape index (κ3) is 2.96. The van der Waals surface area contributed by atoms with Crippen LogP contribution in [0.2, 0.25) is 0 Å². The first kappa shape index (κ1) is 11.0. The van der Waals surface area contributed by atoms with Crippen LogP contribution in [0.25, 0.3) is 5.57 Å². The number of carbonyl (C=O) groups is 1. The van der Waals surface area contributed by atoms with Gasteiger partial charge in [-0.3, -0.25) is 0 Å². The third-order valence-corrected chi connectivity index (χ3v) is 1.94. The predicted octanol–water partition coefficient (Wildman–Crippen LogP) is 2.31. The van der Waals surface area contributed by atoms with Crippen molar-refractivity contribution < 1.29 is 9.90 Å². The number of hydrogen-bond donors (Lipinski definition) is 1. The summed E-state index contributed by atoms with van der Waals surface area (Å²) in [6, 6.07) is 10.8. The quantitative estimate of drug-likeness (QED) is 0.763. The Balaban J connectivity index is 3.11. The van der Waals surface area contributed by atoms with Gasteiger partial charge in [-0.1, -0.05) is 36.4 Å². The molecule has 0 aliphatic rings. The lowest BCUT2D eigenvalue weighted by molar-refractivity contribution is -0.130. The molecule has 0 saturated heterocycles. The van der Waals surface area contributed by atoms with E-state index in [2.05, 4.69) is 0 Å². The van der Waals surface area contributed by atoms with Crippen LogP contribution in [0.1, 0.15) is 12.5 Å². The van der Waals surface area contributed by atoms with Gasteiger partial charge in [0.25, 0.3) is 0 Å². The molecular formula is C12H11NO2. The number of hydrogen-bond acceptors (Lipinski definition) is 2. The fourth-order valence-electron chi connectivity index (χ4n) is 1.20. The molecule has 76 valence electrons. The fourth-order valence-corrected chi connectivity index (χ4v) is 1.20. The first-order chi connectivity index (χ1) is 7.15. The minimum absolute atomic E-state index is 0.171. The molecule has 0 radical (unpaired) electrons. The molecule has 0 fully saturated rings. The first-order valence-electron chi connectivity index (χ1n) is 4.55. The zero-order chi connectivity index (χ0) is 11.3. The molecule has 1 aromatic rings. The number of allylic oxidation sites excluding steroid dienone is 1. The highest BCUT2D eigenvalue weighted by molar-refractivity contribution is 6.15. The smallest absolute Gasteiger partial charge is 0.336 e. The normalized spacial score (nSPS) is 12.9. The molecule has 15 heavy (non-hydrogen) atoms. The molecule has 0 aliphatic heterocycles. The lowest BCUT2D eigenvalue weighted by Gasteiger charge is -2.03. The molecule has 0 heterocycles. The van der Waals surface area contributed by atoms with Gasteiger partial charge in [-0.05, 0) is 12.5 Å². The van der Waals surface area contributed by atoms with Gasteiger partial charge in [-0.25, -0.2) is 4.79 Å². The molecule has 0 saturated carbocycles. The van der Waals surface area contributed by atoms with Crippen LogP contribution in [0.4, 0.5) is 0 Å². The van der Waals surface area contributed by atoms with Crippen LogP contribution in [0.3, 0.4) is 0 Å². The summed E-state index contributed by atoms with van der Waals surface area (Å²) >= 11 is 0. The predicted molar refractivity (Wildman–Crippen MR) is 56.8 cm³/mol. The fraction of sp³-hybridized carbons (Fsp3) is 0.167. The van der Waals surface area contributed by atoms with Crippen molar-refractivity contribution in [2.75, 3.05) is 0 Å². The van der Waals surface area contributed by atoms with E-state index >= 15 is 0 Å². The average molecular weight is 201 g/mol. The summed E-state index contributed by atoms with van der Waals surface area (Å²) in [4.78, 5) is 11.0. The Morgan fingerprint density at radius 1 is 1.47 bits per heavy atom. The van der Waals surface area contributed by atoms with Crippen molar-refractivity contribution >= 4 is 11.5 Å². The Morgan fingerprint density at radius 2 is 2.07 bits per heavy atom. The third-order valence-electron chi connectivity index (χ3n) is 1.94. The largest absolute Gasteiger partial charge is 0.478 e. The van der Waals surface area contributed by atoms with Crippen molar-refractivity contribution in [3.05, 3.63) is 42.0 Å². The number of carboxylic acids is 1. The molecule has 0 aliphatic carbocycles. The zero-order valence-electron chi connectivity index (χ0n) is 8.34. The molecule has 1 atom stereocenters. The van der Waals surface area contributed by atoms with Crippen LogP contribution in [0.5, 0.6) is 0 Å². The summed E-state index contributed by atoms with van der Waals surface area (Å²) in [6.45, 7) is 1.66. The molecule has 3 heteroatoms. The summed E-state index contributed by atoms with van der Waals surface area (Å²) < 4.78 is 0. The summed E-state index contributed by atoms with van der Waals surface area (Å²) in [5.41, 5.74) is 0.789. The van der Waals surface area contributed by atoms with Gasteiger partial charge < -0.3 is 5.11 Å². The minimum Gasteiger partial charge on any atom is -0.478 e. The molecule has 0 bridgehead atoms. The van der Waals surface area contributed by atoms with Gasteiger partial charge in [0.1, 0.15) is 0 Å². The Labute approximate surface area is 88.3 Å². The van der Waals surface area contributed by atoms with Crippen LogP contribution in [0, 0.1) is 17.2 Å². The summed E-state index contributed by atoms with van der Waals surface area (Å²) in [6.07, 6.45) is 1.46. The van der Waals surface area contributed by atoms with E-state index in [1.807, 2.05) is 12.1 Å². The van der Waals surface area contributed by atoms with E-state index < -0.39 is 11.9 Å². The number of aliphatic carboxylic acids is 1. The average Bonchev–Trinajstić information content (AvgIpc) is 2.26. The maximum Gasteiger partial charge on any atom is 0.336 e. The van der Waals surface area contributed by atoms with Crippen molar-refractivity contribution in [3.63, 3.8) is 0 Å². The standard InChI is InChI=1S/C12H11NO2/c1-9(8-13)7-11(12(14)15)10-5-3-2-4-6-10/h2-7,9H,1H3,(H,14,15). The molecule has 1 aromatic carbocycles. The number of benzene rings is 1. The number of nitrogens with zero attached hydrogens (tertiary/aromatic N) is 1. The highest BCUT2D eigenvalue weighted by atomic mass is 16.4. The molecule has 0 spiro atoms. The highest BCUT2D eigenvalue weighted by Gasteiger charge is 2.10. The van der Waals surface area contributed by atoms with E-state index in [0.29, 0.717) is 5.56 Å². The molecule has 1 rings (SSSR count). The van der Waals surface area contributed by atoms with E-state index in [1.54, 1.807) is 31.2 Å². The van der Waals surface area contributed by atoms with Gasteiger partial charge in [0.15, 0.2) is 0 Å². The minimum atomic E-state index is -1.01. The van der Waals surface area contributed by atoms with Crippen LogP contribution in [-0.2, 0) is 4.79 Å². The molecule has 0 amide bonds. The van der Waals surface area contributed by atoms with Gasteiger partial charge in [0, 0.05) is 0 Å². The zero-order valence-corrected chi connectivity index (χ0v) is 8.34. The van der Waals surface area contributed by atoms with Gasteiger partial charge in [0.2, 0.25) is 0 Å². The second-order valence-corrected chi connectivity index (χ2v) is 3.17. The Hall–Kier alpha value is -2.08. The second-order valence-electron chi connectivity index (χ2n) is 3.17. The Morgan fingerprint density at radius 3 is 2.53 bits per heavy atom. The van der Waals surface area contributed by atoms with E-state index in [9.17, 15) is 4.79 Å². The van der Waals surface area contributed by atoms with Crippen molar-refractivity contribution in [3.8, 4) is 6.07 Å². The van der Waals surface area contributed by atoms with Gasteiger partial charge in [0.05, 0.1) is 17.6 Å². The number of nitriles is 1. The van der Waals surface area contributed by atoms with Crippen molar-refractivity contribution in [2.24, 2.45) is 5.92 Å². The van der Waals surface area contributed by atoms with Crippen molar-refractivity contribution in [1.29, 1.82) is 5.26 Å². The first-order valence-corrected chi connectivity index (χ1v) is 4.55. The molecule has 3 nitrogen and oxygen atoms in total. The molecule has 1 unspecified atom stereocenters. The Kier molecular flexibility index (Phi) is 3.64. The van der Waals surface area contributed by atoms with Gasteiger partial charge >= 0.3 is 5.97 Å². The topological polar surface area (TPSA) is 61.1 Å². The SMILES string of the molecule is CC(C#N)C=C(C(=O)O)c1ccccc1. The monoisotopic (exact) mass is 201 g/mol. The van der Waals surface area contributed by atoms with E-state index in [1.165, 1.54) is 6.08 Å². The summed E-state index contributed by atoms with van der Waals surface area (Å²) in [7, 11) is 0. The van der Waals surface area contributed by atoms with E-state index in [4.69, 9.17) is 10.4 Å². The van der Waals surface area contributed by atoms with Crippen molar-refractivity contribution in [1.82, 2.24) is 0 Å². The van der Waals surface area contributed by atoms with Crippen LogP contribution in [-0.4, -0.2) is 11.1 Å². The van der Waals surface area contributed by atoms with Gasteiger partial charge in [-0.2, -0.15) is 5.26 Å². The molecular weight excluding hydrogens is 190 g/mol. The van der Waals surface area contributed by atoms with Crippen LogP contribution in [0.15, 0.2) is 36.4 Å². The Bertz CT molecular complexity index is 415. The van der Waals surface area contributed by atoms with E-state index in [-0.39, 0.29) is 5.57 Å². The number of rotatable bonds is 3. The maximum absolute atomic E-state index is 11.0. The second kappa shape index (κ2) is 4.97. The number of carboxylic acid groups (broad SMARTS) is 1. The van der Waals surface area contributed by atoms with Crippen molar-refractivity contribution in [2.45, 2.75) is 6.92 Å². The molecule has 1 N–H and O–H groups in total. The maximum atomic E-state index is 11.0. The van der Waals surface area contributed by atoms with Crippen LogP contribution < -0.4 is 0 Å². The lowest BCUT2D eigenvalue weighted by Crippen LogP contribution is -2.01. The summed E-state index contributed by atoms with van der Waals surface area (Å²) in [5, 5.41) is 17.6.